The Kier molecular flexibility index (Phi) is 4.85. The number of aromatic nitrogens is 2. The molecule has 0 spiro atoms. The Morgan fingerprint density at radius 3 is 2.53 bits per heavy atom. The third kappa shape index (κ3) is 3.11. The molecule has 1 aromatic heterocycles. The Morgan fingerprint density at radius 2 is 1.89 bits per heavy atom. The third-order valence-electron chi connectivity index (χ3n) is 4.50. The summed E-state index contributed by atoms with van der Waals surface area (Å²) < 4.78 is 5.52. The molecule has 1 aromatic rings. The topological polar surface area (TPSA) is 51.0 Å². The van der Waals surface area contributed by atoms with Gasteiger partial charge in [0.05, 0.1) is 5.54 Å². The van der Waals surface area contributed by atoms with Crippen molar-refractivity contribution in [3.8, 4) is 0 Å². The van der Waals surface area contributed by atoms with Crippen LogP contribution in [-0.2, 0) is 5.54 Å². The first-order valence-corrected chi connectivity index (χ1v) is 7.37. The molecule has 108 valence electrons. The minimum atomic E-state index is -0.0873. The van der Waals surface area contributed by atoms with E-state index in [4.69, 9.17) is 4.52 Å². The highest BCUT2D eigenvalue weighted by Gasteiger charge is 2.36. The first-order chi connectivity index (χ1) is 8.78. The molecular weight excluding hydrogens is 262 g/mol. The SMILES string of the molecule is CC1(c2nc(C3CCCCCC3)no2)CCCN1.Cl. The maximum atomic E-state index is 5.52. The van der Waals surface area contributed by atoms with Crippen LogP contribution in [0.5, 0.6) is 0 Å². The molecular formula is C14H24ClN3O. The average molecular weight is 286 g/mol. The lowest BCUT2D eigenvalue weighted by Crippen LogP contribution is -2.33. The average Bonchev–Trinajstić information content (AvgIpc) is 2.94. The molecule has 1 atom stereocenters. The second-order valence-electron chi connectivity index (χ2n) is 6.01. The van der Waals surface area contributed by atoms with Gasteiger partial charge in [-0.25, -0.2) is 0 Å². The van der Waals surface area contributed by atoms with E-state index in [1.807, 2.05) is 0 Å². The molecule has 1 saturated carbocycles. The van der Waals surface area contributed by atoms with Gasteiger partial charge >= 0.3 is 0 Å². The van der Waals surface area contributed by atoms with Crippen LogP contribution in [0.15, 0.2) is 4.52 Å². The largest absolute Gasteiger partial charge is 0.337 e. The Balaban J connectivity index is 0.00000133. The van der Waals surface area contributed by atoms with Crippen molar-refractivity contribution in [3.05, 3.63) is 11.7 Å². The van der Waals surface area contributed by atoms with E-state index in [-0.39, 0.29) is 17.9 Å². The first kappa shape index (κ1) is 14.8. The molecule has 4 nitrogen and oxygen atoms in total. The summed E-state index contributed by atoms with van der Waals surface area (Å²) in [6, 6.07) is 0. The maximum absolute atomic E-state index is 5.52. The van der Waals surface area contributed by atoms with Crippen molar-refractivity contribution in [3.63, 3.8) is 0 Å². The lowest BCUT2D eigenvalue weighted by molar-refractivity contribution is 0.273. The molecule has 2 heterocycles. The zero-order valence-electron chi connectivity index (χ0n) is 11.7. The van der Waals surface area contributed by atoms with E-state index in [2.05, 4.69) is 22.4 Å². The zero-order valence-corrected chi connectivity index (χ0v) is 12.5. The molecule has 1 N–H and O–H groups in total. The number of hydrogen-bond acceptors (Lipinski definition) is 4. The predicted octanol–water partition coefficient (Wildman–Crippen LogP) is 3.53. The summed E-state index contributed by atoms with van der Waals surface area (Å²) in [7, 11) is 0. The second kappa shape index (κ2) is 6.23. The van der Waals surface area contributed by atoms with Gasteiger partial charge in [-0.2, -0.15) is 4.98 Å². The summed E-state index contributed by atoms with van der Waals surface area (Å²) in [6.45, 7) is 3.22. The fraction of sp³-hybridized carbons (Fsp3) is 0.857. The molecule has 19 heavy (non-hydrogen) atoms. The second-order valence-corrected chi connectivity index (χ2v) is 6.01. The van der Waals surface area contributed by atoms with Crippen LogP contribution in [-0.4, -0.2) is 16.7 Å². The quantitative estimate of drug-likeness (QED) is 0.845. The zero-order chi connectivity index (χ0) is 12.4. The molecule has 0 amide bonds. The van der Waals surface area contributed by atoms with Gasteiger partial charge in [-0.15, -0.1) is 12.4 Å². The summed E-state index contributed by atoms with van der Waals surface area (Å²) in [6.07, 6.45) is 10.1. The van der Waals surface area contributed by atoms with Crippen molar-refractivity contribution in [1.29, 1.82) is 0 Å². The summed E-state index contributed by atoms with van der Waals surface area (Å²) in [5.41, 5.74) is -0.0873. The molecule has 1 unspecified atom stereocenters. The Morgan fingerprint density at radius 1 is 1.16 bits per heavy atom. The number of nitrogens with one attached hydrogen (secondary N) is 1. The normalized spacial score (nSPS) is 28.9. The fourth-order valence-corrected chi connectivity index (χ4v) is 3.24. The molecule has 0 bridgehead atoms. The summed E-state index contributed by atoms with van der Waals surface area (Å²) in [4.78, 5) is 4.69. The van der Waals surface area contributed by atoms with E-state index in [0.29, 0.717) is 5.92 Å². The molecule has 1 saturated heterocycles. The van der Waals surface area contributed by atoms with E-state index in [0.717, 1.165) is 24.7 Å². The summed E-state index contributed by atoms with van der Waals surface area (Å²) in [5.74, 6) is 2.26. The van der Waals surface area contributed by atoms with Gasteiger partial charge in [0, 0.05) is 5.92 Å². The van der Waals surface area contributed by atoms with Crippen LogP contribution in [0.3, 0.4) is 0 Å². The van der Waals surface area contributed by atoms with Gasteiger partial charge in [0.25, 0.3) is 0 Å². The van der Waals surface area contributed by atoms with E-state index < -0.39 is 0 Å². The van der Waals surface area contributed by atoms with Crippen LogP contribution in [0.2, 0.25) is 0 Å². The highest BCUT2D eigenvalue weighted by atomic mass is 35.5. The Hall–Kier alpha value is -0.610. The molecule has 5 heteroatoms. The molecule has 1 aliphatic carbocycles. The van der Waals surface area contributed by atoms with Crippen LogP contribution < -0.4 is 5.32 Å². The van der Waals surface area contributed by atoms with Crippen molar-refractivity contribution in [2.45, 2.75) is 69.7 Å². The molecule has 2 fully saturated rings. The summed E-state index contributed by atoms with van der Waals surface area (Å²) >= 11 is 0. The van der Waals surface area contributed by atoms with Crippen molar-refractivity contribution in [1.82, 2.24) is 15.5 Å². The van der Waals surface area contributed by atoms with E-state index in [1.54, 1.807) is 0 Å². The van der Waals surface area contributed by atoms with Crippen molar-refractivity contribution in [2.75, 3.05) is 6.54 Å². The smallest absolute Gasteiger partial charge is 0.246 e. The maximum Gasteiger partial charge on any atom is 0.246 e. The number of rotatable bonds is 2. The van der Waals surface area contributed by atoms with Crippen LogP contribution in [0.1, 0.15) is 75.9 Å². The van der Waals surface area contributed by atoms with Crippen LogP contribution in [0.4, 0.5) is 0 Å². The minimum absolute atomic E-state index is 0. The Bertz CT molecular complexity index is 393. The van der Waals surface area contributed by atoms with Gasteiger partial charge in [-0.05, 0) is 39.2 Å². The van der Waals surface area contributed by atoms with Gasteiger partial charge in [0.15, 0.2) is 5.82 Å². The van der Waals surface area contributed by atoms with Crippen molar-refractivity contribution >= 4 is 12.4 Å². The van der Waals surface area contributed by atoms with Gasteiger partial charge in [0.1, 0.15) is 0 Å². The number of halogens is 1. The van der Waals surface area contributed by atoms with E-state index in [1.165, 1.54) is 44.9 Å². The molecule has 0 aromatic carbocycles. The highest BCUT2D eigenvalue weighted by molar-refractivity contribution is 5.85. The number of nitrogens with zero attached hydrogens (tertiary/aromatic N) is 2. The van der Waals surface area contributed by atoms with Gasteiger partial charge in [-0.1, -0.05) is 30.8 Å². The predicted molar refractivity (Wildman–Crippen MR) is 76.6 cm³/mol. The Labute approximate surface area is 121 Å². The van der Waals surface area contributed by atoms with Crippen molar-refractivity contribution in [2.24, 2.45) is 0 Å². The monoisotopic (exact) mass is 285 g/mol. The van der Waals surface area contributed by atoms with Crippen LogP contribution >= 0.6 is 12.4 Å². The van der Waals surface area contributed by atoms with E-state index >= 15 is 0 Å². The molecule has 2 aliphatic rings. The number of hydrogen-bond donors (Lipinski definition) is 1. The lowest BCUT2D eigenvalue weighted by Gasteiger charge is -2.18. The van der Waals surface area contributed by atoms with Gasteiger partial charge in [0.2, 0.25) is 5.89 Å². The first-order valence-electron chi connectivity index (χ1n) is 7.37. The van der Waals surface area contributed by atoms with Crippen LogP contribution in [0, 0.1) is 0 Å². The summed E-state index contributed by atoms with van der Waals surface area (Å²) in [5, 5.41) is 7.73. The molecule has 1 aliphatic heterocycles. The van der Waals surface area contributed by atoms with Gasteiger partial charge in [-0.3, -0.25) is 0 Å². The molecule has 3 rings (SSSR count). The highest BCUT2D eigenvalue weighted by Crippen LogP contribution is 2.33. The van der Waals surface area contributed by atoms with Gasteiger partial charge < -0.3 is 9.84 Å². The lowest BCUT2D eigenvalue weighted by atomic mass is 9.98. The van der Waals surface area contributed by atoms with Crippen molar-refractivity contribution < 1.29 is 4.52 Å². The fourth-order valence-electron chi connectivity index (χ4n) is 3.24. The van der Waals surface area contributed by atoms with E-state index in [9.17, 15) is 0 Å². The third-order valence-corrected chi connectivity index (χ3v) is 4.50. The molecule has 0 radical (unpaired) electrons. The minimum Gasteiger partial charge on any atom is -0.337 e. The van der Waals surface area contributed by atoms with Crippen LogP contribution in [0.25, 0.3) is 0 Å². The standard InChI is InChI=1S/C14H23N3O.ClH/c1-14(9-6-10-15-14)13-16-12(17-18-13)11-7-4-2-3-5-8-11;/h11,15H,2-10H2,1H3;1H.